The Kier molecular flexibility index (Phi) is 2.97. The van der Waals surface area contributed by atoms with E-state index in [-0.39, 0.29) is 0 Å². The van der Waals surface area contributed by atoms with Gasteiger partial charge in [-0.15, -0.1) is 0 Å². The van der Waals surface area contributed by atoms with Gasteiger partial charge in [-0.2, -0.15) is 0 Å². The van der Waals surface area contributed by atoms with Crippen molar-refractivity contribution in [3.05, 3.63) is 27.4 Å². The molecule has 0 aromatic carbocycles. The zero-order valence-corrected chi connectivity index (χ0v) is 7.42. The van der Waals surface area contributed by atoms with E-state index in [1.54, 1.807) is 0 Å². The van der Waals surface area contributed by atoms with E-state index in [4.69, 9.17) is 10.2 Å². The molecule has 0 atom stereocenters. The molecular weight excluding hydrogens is 230 g/mol. The van der Waals surface area contributed by atoms with Crippen LogP contribution >= 0.6 is 0 Å². The van der Waals surface area contributed by atoms with E-state index in [2.05, 4.69) is 4.98 Å². The molecule has 0 saturated carbocycles. The van der Waals surface area contributed by atoms with Crippen molar-refractivity contribution in [3.8, 4) is 5.75 Å². The molecule has 0 bridgehead atoms. The second-order valence-electron chi connectivity index (χ2n) is 2.63. The van der Waals surface area contributed by atoms with Crippen molar-refractivity contribution < 1.29 is 28.7 Å². The molecule has 0 aliphatic carbocycles. The van der Waals surface area contributed by atoms with E-state index >= 15 is 0 Å². The number of nitrogens with zero attached hydrogens (tertiary/aromatic N) is 2. The Balaban J connectivity index is 3.49. The number of aromatic nitrogens is 1. The van der Waals surface area contributed by atoms with Crippen molar-refractivity contribution in [2.24, 2.45) is 0 Å². The number of alkyl halides is 2. The molecule has 16 heavy (non-hydrogen) atoms. The highest BCUT2D eigenvalue weighted by Gasteiger charge is 2.30. The predicted octanol–water partition coefficient (Wildman–Crippen LogP) is 1.33. The Morgan fingerprint density at radius 1 is 1.56 bits per heavy atom. The summed E-state index contributed by atoms with van der Waals surface area (Å²) in [6.07, 6.45) is -3.20. The summed E-state index contributed by atoms with van der Waals surface area (Å²) in [6.45, 7) is 0. The van der Waals surface area contributed by atoms with E-state index in [0.717, 1.165) is 0 Å². The second kappa shape index (κ2) is 4.04. The van der Waals surface area contributed by atoms with E-state index in [1.165, 1.54) is 0 Å². The number of hydrogen-bond acceptors (Lipinski definition) is 5. The third-order valence-electron chi connectivity index (χ3n) is 1.62. The Morgan fingerprint density at radius 3 is 2.50 bits per heavy atom. The maximum atomic E-state index is 12.3. The molecule has 0 radical (unpaired) electrons. The summed E-state index contributed by atoms with van der Waals surface area (Å²) in [5.74, 6) is -4.12. The average molecular weight is 234 g/mol. The number of hydrogen-bond donors (Lipinski definition) is 2. The molecule has 1 heterocycles. The molecule has 1 aromatic heterocycles. The zero-order chi connectivity index (χ0) is 12.5. The Hall–Kier alpha value is -2.32. The van der Waals surface area contributed by atoms with Gasteiger partial charge in [0.1, 0.15) is 0 Å². The van der Waals surface area contributed by atoms with Gasteiger partial charge in [0, 0.05) is 6.07 Å². The second-order valence-corrected chi connectivity index (χ2v) is 2.63. The molecule has 7 nitrogen and oxygen atoms in total. The molecule has 1 rings (SSSR count). The van der Waals surface area contributed by atoms with Gasteiger partial charge < -0.3 is 20.3 Å². The lowest BCUT2D eigenvalue weighted by Crippen LogP contribution is -2.08. The van der Waals surface area contributed by atoms with Crippen LogP contribution < -0.4 is 0 Å². The van der Waals surface area contributed by atoms with Crippen LogP contribution in [0.25, 0.3) is 0 Å². The standard InChI is InChI=1S/C7H4F2N2O5/c8-5(9)2-1-3(12)6(11(15)16)10-4(2)7(13)14/h1,5,12H,(H,13,14). The molecule has 0 spiro atoms. The molecule has 0 unspecified atom stereocenters. The first-order chi connectivity index (χ1) is 7.34. The minimum absolute atomic E-state index is 0.319. The van der Waals surface area contributed by atoms with E-state index in [1.807, 2.05) is 0 Å². The van der Waals surface area contributed by atoms with Crippen LogP contribution in [0.2, 0.25) is 0 Å². The van der Waals surface area contributed by atoms with Gasteiger partial charge in [-0.05, 0) is 9.91 Å². The molecule has 0 amide bonds. The minimum atomic E-state index is -3.20. The maximum Gasteiger partial charge on any atom is 0.406 e. The highest BCUT2D eigenvalue weighted by atomic mass is 19.3. The lowest BCUT2D eigenvalue weighted by Gasteiger charge is -2.02. The highest BCUT2D eigenvalue weighted by molar-refractivity contribution is 5.88. The average Bonchev–Trinajstić information content (AvgIpc) is 2.15. The lowest BCUT2D eigenvalue weighted by molar-refractivity contribution is -0.390. The van der Waals surface area contributed by atoms with Gasteiger partial charge in [-0.3, -0.25) is 0 Å². The number of carboxylic acid groups (broad SMARTS) is 1. The first kappa shape index (κ1) is 11.8. The summed E-state index contributed by atoms with van der Waals surface area (Å²) >= 11 is 0. The number of nitro groups is 1. The number of rotatable bonds is 3. The maximum absolute atomic E-state index is 12.3. The summed E-state index contributed by atoms with van der Waals surface area (Å²) in [5.41, 5.74) is -2.23. The fourth-order valence-corrected chi connectivity index (χ4v) is 0.980. The zero-order valence-electron chi connectivity index (χ0n) is 7.42. The Morgan fingerprint density at radius 2 is 2.12 bits per heavy atom. The molecule has 2 N–H and O–H groups in total. The summed E-state index contributed by atoms with van der Waals surface area (Å²) in [7, 11) is 0. The summed E-state index contributed by atoms with van der Waals surface area (Å²) in [4.78, 5) is 22.5. The number of aromatic hydroxyl groups is 1. The van der Waals surface area contributed by atoms with Crippen molar-refractivity contribution in [1.29, 1.82) is 0 Å². The lowest BCUT2D eigenvalue weighted by atomic mass is 10.2. The first-order valence-electron chi connectivity index (χ1n) is 3.74. The number of pyridine rings is 1. The highest BCUT2D eigenvalue weighted by Crippen LogP contribution is 2.31. The molecular formula is C7H4F2N2O5. The smallest absolute Gasteiger partial charge is 0.406 e. The summed E-state index contributed by atoms with van der Waals surface area (Å²) in [6, 6.07) is 0.319. The first-order valence-corrected chi connectivity index (χ1v) is 3.74. The van der Waals surface area contributed by atoms with Gasteiger partial charge >= 0.3 is 11.8 Å². The fraction of sp³-hybridized carbons (Fsp3) is 0.143. The van der Waals surface area contributed by atoms with Gasteiger partial charge in [-0.1, -0.05) is 0 Å². The SMILES string of the molecule is O=C(O)c1nc([N+](=O)[O-])c(O)cc1C(F)F. The predicted molar refractivity (Wildman–Crippen MR) is 44.5 cm³/mol. The molecule has 1 aromatic rings. The van der Waals surface area contributed by atoms with E-state index in [9.17, 15) is 23.7 Å². The quantitative estimate of drug-likeness (QED) is 0.602. The van der Waals surface area contributed by atoms with Crippen molar-refractivity contribution in [1.82, 2.24) is 4.98 Å². The molecule has 9 heteroatoms. The third kappa shape index (κ3) is 2.02. The van der Waals surface area contributed by atoms with Crippen molar-refractivity contribution in [2.75, 3.05) is 0 Å². The fourth-order valence-electron chi connectivity index (χ4n) is 0.980. The van der Waals surface area contributed by atoms with Gasteiger partial charge in [0.25, 0.3) is 12.1 Å². The van der Waals surface area contributed by atoms with Crippen LogP contribution in [0.5, 0.6) is 5.75 Å². The third-order valence-corrected chi connectivity index (χ3v) is 1.62. The molecule has 0 aliphatic heterocycles. The monoisotopic (exact) mass is 234 g/mol. The van der Waals surface area contributed by atoms with Crippen LogP contribution in [-0.4, -0.2) is 26.1 Å². The van der Waals surface area contributed by atoms with Crippen LogP contribution in [-0.2, 0) is 0 Å². The number of halogens is 2. The van der Waals surface area contributed by atoms with Crippen molar-refractivity contribution in [2.45, 2.75) is 6.43 Å². The van der Waals surface area contributed by atoms with Gasteiger partial charge in [0.15, 0.2) is 0 Å². The topological polar surface area (TPSA) is 114 Å². The summed E-state index contributed by atoms with van der Waals surface area (Å²) in [5, 5.41) is 27.8. The molecule has 86 valence electrons. The van der Waals surface area contributed by atoms with Crippen LogP contribution in [0, 0.1) is 10.1 Å². The minimum Gasteiger partial charge on any atom is -0.501 e. The number of aromatic carboxylic acids is 1. The largest absolute Gasteiger partial charge is 0.501 e. The van der Waals surface area contributed by atoms with Crippen molar-refractivity contribution >= 4 is 11.8 Å². The van der Waals surface area contributed by atoms with Crippen LogP contribution in [0.4, 0.5) is 14.6 Å². The molecule has 0 aliphatic rings. The summed E-state index contributed by atoms with van der Waals surface area (Å²) < 4.78 is 24.6. The molecule has 0 fully saturated rings. The van der Waals surface area contributed by atoms with Crippen LogP contribution in [0.3, 0.4) is 0 Å². The number of carboxylic acids is 1. The van der Waals surface area contributed by atoms with Gasteiger partial charge in [0.2, 0.25) is 5.75 Å². The van der Waals surface area contributed by atoms with Crippen molar-refractivity contribution in [3.63, 3.8) is 0 Å². The van der Waals surface area contributed by atoms with Gasteiger partial charge in [-0.25, -0.2) is 13.6 Å². The normalized spacial score (nSPS) is 10.4. The van der Waals surface area contributed by atoms with Crippen LogP contribution in [0.1, 0.15) is 22.5 Å². The molecule has 0 saturated heterocycles. The van der Waals surface area contributed by atoms with E-state index < -0.39 is 40.1 Å². The Bertz CT molecular complexity index is 462. The van der Waals surface area contributed by atoms with Gasteiger partial charge in [0.05, 0.1) is 5.56 Å². The van der Waals surface area contributed by atoms with Crippen LogP contribution in [0.15, 0.2) is 6.07 Å². The number of carbonyl (C=O) groups is 1. The Labute approximate surface area is 86.1 Å². The van der Waals surface area contributed by atoms with E-state index in [0.29, 0.717) is 6.07 Å².